The molecule has 0 bridgehead atoms. The zero-order valence-electron chi connectivity index (χ0n) is 14.7. The fourth-order valence-corrected chi connectivity index (χ4v) is 3.13. The average Bonchev–Trinajstić information content (AvgIpc) is 3.09. The predicted molar refractivity (Wildman–Crippen MR) is 92.7 cm³/mol. The molecule has 0 saturated carbocycles. The lowest BCUT2D eigenvalue weighted by molar-refractivity contribution is 0.00578. The molecule has 4 heterocycles. The first kappa shape index (κ1) is 15.9. The Morgan fingerprint density at radius 2 is 1.92 bits per heavy atom. The van der Waals surface area contributed by atoms with Crippen molar-refractivity contribution >= 4 is 12.6 Å². The summed E-state index contributed by atoms with van der Waals surface area (Å²) in [5.41, 5.74) is 2.72. The molecule has 1 fully saturated rings. The van der Waals surface area contributed by atoms with E-state index in [0.29, 0.717) is 6.61 Å². The molecule has 2 aliphatic heterocycles. The molecular weight excluding hydrogens is 303 g/mol. The number of pyridine rings is 1. The smallest absolute Gasteiger partial charge is 0.400 e. The SMILES string of the molecule is CC1(C)OB(C2=CC(c3ccn4nccc4c3)OCC2)OC1(C)C. The van der Waals surface area contributed by atoms with Crippen molar-refractivity contribution in [3.8, 4) is 0 Å². The molecule has 1 unspecified atom stereocenters. The lowest BCUT2D eigenvalue weighted by Gasteiger charge is -2.32. The van der Waals surface area contributed by atoms with Gasteiger partial charge in [0.1, 0.15) is 6.10 Å². The Bertz CT molecular complexity index is 780. The van der Waals surface area contributed by atoms with Crippen molar-refractivity contribution < 1.29 is 14.0 Å². The molecule has 0 N–H and O–H groups in total. The van der Waals surface area contributed by atoms with Crippen molar-refractivity contribution in [1.82, 2.24) is 9.61 Å². The van der Waals surface area contributed by atoms with Crippen molar-refractivity contribution in [3.05, 3.63) is 47.7 Å². The van der Waals surface area contributed by atoms with Gasteiger partial charge in [-0.05, 0) is 63.4 Å². The highest BCUT2D eigenvalue weighted by molar-refractivity contribution is 6.54. The van der Waals surface area contributed by atoms with Crippen LogP contribution in [0.4, 0.5) is 0 Å². The summed E-state index contributed by atoms with van der Waals surface area (Å²) >= 11 is 0. The first-order valence-corrected chi connectivity index (χ1v) is 8.47. The largest absolute Gasteiger partial charge is 0.490 e. The van der Waals surface area contributed by atoms with Crippen molar-refractivity contribution in [3.63, 3.8) is 0 Å². The Labute approximate surface area is 142 Å². The first-order valence-electron chi connectivity index (χ1n) is 8.47. The third-order valence-corrected chi connectivity index (χ3v) is 5.36. The van der Waals surface area contributed by atoms with Gasteiger partial charge in [-0.3, -0.25) is 0 Å². The second-order valence-electron chi connectivity index (χ2n) is 7.53. The van der Waals surface area contributed by atoms with E-state index in [-0.39, 0.29) is 24.4 Å². The number of fused-ring (bicyclic) bond motifs is 1. The first-order chi connectivity index (χ1) is 11.4. The standard InChI is InChI=1S/C18H23BN2O3/c1-17(2)18(3,4)24-19(23-17)14-7-10-22-16(12-14)13-6-9-21-15(11-13)5-8-20-21/h5-6,8-9,11-12,16H,7,10H2,1-4H3. The maximum absolute atomic E-state index is 6.19. The minimum absolute atomic E-state index is 0.0762. The fraction of sp³-hybridized carbons (Fsp3) is 0.500. The van der Waals surface area contributed by atoms with Gasteiger partial charge in [0.2, 0.25) is 0 Å². The summed E-state index contributed by atoms with van der Waals surface area (Å²) < 4.78 is 20.2. The molecule has 1 atom stereocenters. The van der Waals surface area contributed by atoms with Gasteiger partial charge in [-0.25, -0.2) is 4.52 Å². The number of ether oxygens (including phenoxy) is 1. The molecule has 0 aliphatic carbocycles. The van der Waals surface area contributed by atoms with Gasteiger partial charge >= 0.3 is 7.12 Å². The predicted octanol–water partition coefficient (Wildman–Crippen LogP) is 3.35. The Morgan fingerprint density at radius 3 is 2.67 bits per heavy atom. The Hall–Kier alpha value is -1.63. The summed E-state index contributed by atoms with van der Waals surface area (Å²) in [7, 11) is -0.292. The highest BCUT2D eigenvalue weighted by Crippen LogP contribution is 2.40. The topological polar surface area (TPSA) is 45.0 Å². The molecule has 1 saturated heterocycles. The van der Waals surface area contributed by atoms with E-state index in [1.54, 1.807) is 6.20 Å². The van der Waals surface area contributed by atoms with Crippen LogP contribution in [0.3, 0.4) is 0 Å². The second kappa shape index (κ2) is 5.44. The Morgan fingerprint density at radius 1 is 1.17 bits per heavy atom. The van der Waals surface area contributed by atoms with E-state index in [2.05, 4.69) is 44.9 Å². The van der Waals surface area contributed by atoms with E-state index >= 15 is 0 Å². The van der Waals surface area contributed by atoms with Crippen LogP contribution in [0.5, 0.6) is 0 Å². The molecule has 24 heavy (non-hydrogen) atoms. The molecule has 0 amide bonds. The Kier molecular flexibility index (Phi) is 3.60. The van der Waals surface area contributed by atoms with Crippen molar-refractivity contribution in [1.29, 1.82) is 0 Å². The van der Waals surface area contributed by atoms with Gasteiger partial charge < -0.3 is 14.0 Å². The normalized spacial score (nSPS) is 25.9. The van der Waals surface area contributed by atoms with Gasteiger partial charge in [-0.2, -0.15) is 5.10 Å². The lowest BCUT2D eigenvalue weighted by Crippen LogP contribution is -2.41. The van der Waals surface area contributed by atoms with Gasteiger partial charge in [0.25, 0.3) is 0 Å². The van der Waals surface area contributed by atoms with Crippen LogP contribution in [-0.4, -0.2) is 34.5 Å². The molecule has 2 aliphatic rings. The Balaban J connectivity index is 1.61. The number of hydrogen-bond donors (Lipinski definition) is 0. The maximum atomic E-state index is 6.19. The number of rotatable bonds is 2. The zero-order valence-corrected chi connectivity index (χ0v) is 14.7. The molecule has 0 radical (unpaired) electrons. The van der Waals surface area contributed by atoms with Crippen LogP contribution in [0.1, 0.15) is 45.8 Å². The third-order valence-electron chi connectivity index (χ3n) is 5.36. The zero-order chi connectivity index (χ0) is 16.9. The van der Waals surface area contributed by atoms with Crippen LogP contribution < -0.4 is 0 Å². The summed E-state index contributed by atoms with van der Waals surface area (Å²) in [6, 6.07) is 6.15. The van der Waals surface area contributed by atoms with Crippen LogP contribution in [0, 0.1) is 0 Å². The van der Waals surface area contributed by atoms with Gasteiger partial charge in [0.15, 0.2) is 0 Å². The van der Waals surface area contributed by atoms with Gasteiger partial charge in [0, 0.05) is 12.4 Å². The quantitative estimate of drug-likeness (QED) is 0.794. The van der Waals surface area contributed by atoms with Gasteiger partial charge in [-0.1, -0.05) is 6.08 Å². The molecule has 0 aromatic carbocycles. The van der Waals surface area contributed by atoms with Crippen molar-refractivity contribution in [2.75, 3.05) is 6.61 Å². The van der Waals surface area contributed by atoms with E-state index in [4.69, 9.17) is 14.0 Å². The minimum atomic E-state index is -0.317. The molecule has 5 nitrogen and oxygen atoms in total. The van der Waals surface area contributed by atoms with Crippen molar-refractivity contribution in [2.24, 2.45) is 0 Å². The van der Waals surface area contributed by atoms with Crippen LogP contribution in [0.2, 0.25) is 0 Å². The van der Waals surface area contributed by atoms with Crippen LogP contribution in [0.25, 0.3) is 5.52 Å². The molecule has 2 aromatic rings. The summed E-state index contributed by atoms with van der Waals surface area (Å²) in [4.78, 5) is 0. The van der Waals surface area contributed by atoms with Gasteiger partial charge in [-0.15, -0.1) is 0 Å². The van der Waals surface area contributed by atoms with E-state index in [0.717, 1.165) is 17.5 Å². The van der Waals surface area contributed by atoms with E-state index in [9.17, 15) is 0 Å². The third kappa shape index (κ3) is 2.59. The minimum Gasteiger partial charge on any atom is -0.400 e. The summed E-state index contributed by atoms with van der Waals surface area (Å²) in [5, 5.41) is 4.24. The van der Waals surface area contributed by atoms with Crippen LogP contribution in [0.15, 0.2) is 42.1 Å². The molecule has 6 heteroatoms. The average molecular weight is 326 g/mol. The second-order valence-corrected chi connectivity index (χ2v) is 7.53. The monoisotopic (exact) mass is 326 g/mol. The molecule has 0 spiro atoms. The van der Waals surface area contributed by atoms with E-state index in [1.165, 1.54) is 5.47 Å². The van der Waals surface area contributed by atoms with E-state index < -0.39 is 0 Å². The molecule has 126 valence electrons. The number of hydrogen-bond acceptors (Lipinski definition) is 4. The summed E-state index contributed by atoms with van der Waals surface area (Å²) in [6.45, 7) is 9.00. The van der Waals surface area contributed by atoms with Crippen LogP contribution in [-0.2, 0) is 14.0 Å². The van der Waals surface area contributed by atoms with E-state index in [1.807, 2.05) is 22.8 Å². The van der Waals surface area contributed by atoms with Crippen LogP contribution >= 0.6 is 0 Å². The number of nitrogens with zero attached hydrogens (tertiary/aromatic N) is 2. The summed E-state index contributed by atoms with van der Waals surface area (Å²) in [6.07, 6.45) is 6.67. The summed E-state index contributed by atoms with van der Waals surface area (Å²) in [5.74, 6) is 0. The highest BCUT2D eigenvalue weighted by atomic mass is 16.7. The lowest BCUT2D eigenvalue weighted by atomic mass is 9.74. The fourth-order valence-electron chi connectivity index (χ4n) is 3.13. The molecular formula is C18H23BN2O3. The molecule has 4 rings (SSSR count). The van der Waals surface area contributed by atoms with Crippen molar-refractivity contribution in [2.45, 2.75) is 51.4 Å². The van der Waals surface area contributed by atoms with Gasteiger partial charge in [0.05, 0.1) is 23.3 Å². The molecule has 2 aromatic heterocycles. The maximum Gasteiger partial charge on any atom is 0.490 e. The number of aromatic nitrogens is 2. The highest BCUT2D eigenvalue weighted by Gasteiger charge is 2.52.